The molecule has 7 nitrogen and oxygen atoms in total. The molecule has 0 atom stereocenters. The summed E-state index contributed by atoms with van der Waals surface area (Å²) in [6, 6.07) is 6.80. The van der Waals surface area contributed by atoms with Crippen LogP contribution in [0, 0.1) is 20.8 Å². The van der Waals surface area contributed by atoms with Crippen molar-refractivity contribution in [3.8, 4) is 17.2 Å². The monoisotopic (exact) mass is 413 g/mol. The smallest absolute Gasteiger partial charge is 0.366 e. The minimum absolute atomic E-state index is 0.152. The summed E-state index contributed by atoms with van der Waals surface area (Å²) in [5, 5.41) is 3.86. The zero-order valence-corrected chi connectivity index (χ0v) is 18.4. The molecule has 0 aliphatic rings. The Balaban J connectivity index is 2.33. The van der Waals surface area contributed by atoms with Gasteiger partial charge in [-0.25, -0.2) is 4.79 Å². The molecule has 0 unspecified atom stereocenters. The lowest BCUT2D eigenvalue weighted by atomic mass is 9.94. The number of hydrogen-bond acceptors (Lipinski definition) is 7. The molecule has 2 aromatic carbocycles. The van der Waals surface area contributed by atoms with Gasteiger partial charge in [-0.05, 0) is 50.5 Å². The van der Waals surface area contributed by atoms with Crippen LogP contribution in [0.2, 0.25) is 0 Å². The van der Waals surface area contributed by atoms with Crippen LogP contribution in [0.3, 0.4) is 0 Å². The fraction of sp³-hybridized carbons (Fsp3) is 0.348. The number of aryl methyl sites for hydroxylation is 3. The number of carbonyl (C=O) groups is 2. The maximum atomic E-state index is 13.0. The summed E-state index contributed by atoms with van der Waals surface area (Å²) in [5.74, 6) is -0.0266. The van der Waals surface area contributed by atoms with E-state index in [1.54, 1.807) is 6.92 Å². The van der Waals surface area contributed by atoms with Crippen molar-refractivity contribution in [2.45, 2.75) is 34.1 Å². The van der Waals surface area contributed by atoms with E-state index in [0.29, 0.717) is 29.2 Å². The molecule has 2 aromatic rings. The Morgan fingerprint density at radius 2 is 1.40 bits per heavy atom. The SMILES string of the molecule is CC/C(=N/OC(=O)c1cc(OC)c(OC)c(OC)c1)C(=O)c1c(C)cc(C)cc1C. The van der Waals surface area contributed by atoms with Gasteiger partial charge in [0.15, 0.2) is 11.5 Å². The predicted molar refractivity (Wildman–Crippen MR) is 114 cm³/mol. The van der Waals surface area contributed by atoms with Crippen LogP contribution in [0.5, 0.6) is 17.2 Å². The second-order valence-corrected chi connectivity index (χ2v) is 6.79. The fourth-order valence-electron chi connectivity index (χ4n) is 3.30. The largest absolute Gasteiger partial charge is 0.493 e. The number of oxime groups is 1. The van der Waals surface area contributed by atoms with Gasteiger partial charge >= 0.3 is 5.97 Å². The molecule has 30 heavy (non-hydrogen) atoms. The van der Waals surface area contributed by atoms with Gasteiger partial charge in [-0.15, -0.1) is 0 Å². The van der Waals surface area contributed by atoms with Gasteiger partial charge in [-0.3, -0.25) is 4.79 Å². The van der Waals surface area contributed by atoms with E-state index in [-0.39, 0.29) is 17.1 Å². The molecule has 0 fully saturated rings. The highest BCUT2D eigenvalue weighted by Gasteiger charge is 2.21. The highest BCUT2D eigenvalue weighted by atomic mass is 16.7. The number of ketones is 1. The molecule has 0 heterocycles. The third-order valence-corrected chi connectivity index (χ3v) is 4.64. The van der Waals surface area contributed by atoms with E-state index >= 15 is 0 Å². The number of Topliss-reactive ketones (excluding diaryl/α,β-unsaturated/α-hetero) is 1. The lowest BCUT2D eigenvalue weighted by Crippen LogP contribution is -2.18. The summed E-state index contributed by atoms with van der Waals surface area (Å²) in [4.78, 5) is 30.6. The van der Waals surface area contributed by atoms with Crippen molar-refractivity contribution in [3.63, 3.8) is 0 Å². The number of benzene rings is 2. The van der Waals surface area contributed by atoms with Gasteiger partial charge in [0.1, 0.15) is 5.71 Å². The van der Waals surface area contributed by atoms with E-state index in [0.717, 1.165) is 16.7 Å². The first kappa shape index (κ1) is 22.9. The highest BCUT2D eigenvalue weighted by Crippen LogP contribution is 2.38. The molecule has 7 heteroatoms. The summed E-state index contributed by atoms with van der Waals surface area (Å²) in [6.07, 6.45) is 0.314. The van der Waals surface area contributed by atoms with Gasteiger partial charge in [0.05, 0.1) is 26.9 Å². The quantitative estimate of drug-likeness (QED) is 0.275. The zero-order valence-electron chi connectivity index (χ0n) is 18.4. The number of rotatable bonds is 8. The van der Waals surface area contributed by atoms with Crippen LogP contribution in [0.4, 0.5) is 0 Å². The average molecular weight is 413 g/mol. The summed E-state index contributed by atoms with van der Waals surface area (Å²) >= 11 is 0. The van der Waals surface area contributed by atoms with Crippen molar-refractivity contribution in [2.24, 2.45) is 5.16 Å². The van der Waals surface area contributed by atoms with Gasteiger partial charge in [-0.1, -0.05) is 29.8 Å². The maximum Gasteiger partial charge on any atom is 0.366 e. The molecular weight excluding hydrogens is 386 g/mol. The number of carbonyl (C=O) groups excluding carboxylic acids is 2. The first-order valence-corrected chi connectivity index (χ1v) is 9.48. The molecule has 0 amide bonds. The molecule has 0 N–H and O–H groups in total. The Bertz CT molecular complexity index is 945. The van der Waals surface area contributed by atoms with Crippen molar-refractivity contribution in [3.05, 3.63) is 52.1 Å². The van der Waals surface area contributed by atoms with Crippen molar-refractivity contribution >= 4 is 17.5 Å². The molecule has 0 aliphatic carbocycles. The number of nitrogens with zero attached hydrogens (tertiary/aromatic N) is 1. The first-order chi connectivity index (χ1) is 14.3. The van der Waals surface area contributed by atoms with Crippen LogP contribution in [-0.2, 0) is 4.84 Å². The molecule has 0 bridgehead atoms. The van der Waals surface area contributed by atoms with Crippen molar-refractivity contribution in [1.82, 2.24) is 0 Å². The van der Waals surface area contributed by atoms with Crippen LogP contribution in [0.15, 0.2) is 29.4 Å². The molecule has 0 saturated heterocycles. The minimum atomic E-state index is -0.745. The average Bonchev–Trinajstić information content (AvgIpc) is 2.71. The molecule has 0 spiro atoms. The van der Waals surface area contributed by atoms with E-state index in [2.05, 4.69) is 5.16 Å². The van der Waals surface area contributed by atoms with Crippen molar-refractivity contribution < 1.29 is 28.6 Å². The fourth-order valence-corrected chi connectivity index (χ4v) is 3.30. The summed E-state index contributed by atoms with van der Waals surface area (Å²) in [7, 11) is 4.37. The van der Waals surface area contributed by atoms with Crippen LogP contribution in [0.25, 0.3) is 0 Å². The van der Waals surface area contributed by atoms with Gasteiger partial charge in [-0.2, -0.15) is 0 Å². The number of hydrogen-bond donors (Lipinski definition) is 0. The van der Waals surface area contributed by atoms with Crippen molar-refractivity contribution in [2.75, 3.05) is 21.3 Å². The summed E-state index contributed by atoms with van der Waals surface area (Å²) < 4.78 is 15.7. The summed E-state index contributed by atoms with van der Waals surface area (Å²) in [6.45, 7) is 7.51. The molecule has 0 aliphatic heterocycles. The van der Waals surface area contributed by atoms with Gasteiger partial charge in [0.2, 0.25) is 11.5 Å². The van der Waals surface area contributed by atoms with E-state index in [4.69, 9.17) is 19.0 Å². The Hall–Kier alpha value is -3.35. The Morgan fingerprint density at radius 1 is 0.867 bits per heavy atom. The molecule has 160 valence electrons. The Labute approximate surface area is 176 Å². The predicted octanol–water partition coefficient (Wildman–Crippen LogP) is 4.44. The van der Waals surface area contributed by atoms with Gasteiger partial charge in [0.25, 0.3) is 0 Å². The van der Waals surface area contributed by atoms with E-state index < -0.39 is 5.97 Å². The molecule has 0 aromatic heterocycles. The number of methoxy groups -OCH3 is 3. The maximum absolute atomic E-state index is 13.0. The second kappa shape index (κ2) is 9.91. The Morgan fingerprint density at radius 3 is 1.83 bits per heavy atom. The third-order valence-electron chi connectivity index (χ3n) is 4.64. The van der Waals surface area contributed by atoms with Gasteiger partial charge in [0, 0.05) is 5.56 Å². The standard InChI is InChI=1S/C23H27NO6/c1-8-17(21(25)20-14(3)9-13(2)10-15(20)4)24-30-23(26)16-11-18(27-5)22(29-7)19(12-16)28-6/h9-12H,8H2,1-7H3/b24-17-. The zero-order chi connectivity index (χ0) is 22.4. The van der Waals surface area contributed by atoms with E-state index in [1.165, 1.54) is 33.5 Å². The minimum Gasteiger partial charge on any atom is -0.493 e. The molecule has 2 rings (SSSR count). The van der Waals surface area contributed by atoms with E-state index in [9.17, 15) is 9.59 Å². The number of ether oxygens (including phenoxy) is 3. The lowest BCUT2D eigenvalue weighted by Gasteiger charge is -2.13. The lowest BCUT2D eigenvalue weighted by molar-refractivity contribution is 0.0514. The van der Waals surface area contributed by atoms with E-state index in [1.807, 2.05) is 32.9 Å². The Kier molecular flexibility index (Phi) is 7.58. The van der Waals surface area contributed by atoms with Gasteiger partial charge < -0.3 is 19.0 Å². The topological polar surface area (TPSA) is 83.4 Å². The first-order valence-electron chi connectivity index (χ1n) is 9.48. The van der Waals surface area contributed by atoms with Crippen LogP contribution in [0.1, 0.15) is 50.8 Å². The molecule has 0 saturated carbocycles. The van der Waals surface area contributed by atoms with Crippen LogP contribution in [-0.4, -0.2) is 38.8 Å². The molecular formula is C23H27NO6. The third kappa shape index (κ3) is 4.79. The second-order valence-electron chi connectivity index (χ2n) is 6.79. The van der Waals surface area contributed by atoms with Crippen LogP contribution >= 0.6 is 0 Å². The highest BCUT2D eigenvalue weighted by molar-refractivity contribution is 6.46. The van der Waals surface area contributed by atoms with Crippen molar-refractivity contribution in [1.29, 1.82) is 0 Å². The van der Waals surface area contributed by atoms with Crippen LogP contribution < -0.4 is 14.2 Å². The molecule has 0 radical (unpaired) electrons. The summed E-state index contributed by atoms with van der Waals surface area (Å²) in [5.41, 5.74) is 3.67. The normalized spacial score (nSPS) is 11.1.